The molecule has 7 rings (SSSR count). The highest BCUT2D eigenvalue weighted by Gasteiger charge is 2.39. The van der Waals surface area contributed by atoms with Crippen LogP contribution >= 0.6 is 11.6 Å². The van der Waals surface area contributed by atoms with Crippen LogP contribution in [0.4, 0.5) is 9.59 Å². The predicted molar refractivity (Wildman–Crippen MR) is 217 cm³/mol. The molecule has 0 aliphatic carbocycles. The topological polar surface area (TPSA) is 175 Å². The van der Waals surface area contributed by atoms with E-state index in [4.69, 9.17) is 26.1 Å². The summed E-state index contributed by atoms with van der Waals surface area (Å²) in [6.07, 6.45) is 3.69. The van der Waals surface area contributed by atoms with E-state index in [1.54, 1.807) is 16.0 Å². The van der Waals surface area contributed by atoms with Gasteiger partial charge in [0.25, 0.3) is 0 Å². The van der Waals surface area contributed by atoms with Crippen molar-refractivity contribution >= 4 is 57.4 Å². The zero-order valence-corrected chi connectivity index (χ0v) is 33.8. The number of nitrogens with one attached hydrogen (secondary N) is 4. The molecule has 2 aliphatic rings. The summed E-state index contributed by atoms with van der Waals surface area (Å²) in [4.78, 5) is 71.5. The number of ether oxygens (including phenoxy) is 2. The van der Waals surface area contributed by atoms with Gasteiger partial charge in [0.1, 0.15) is 23.7 Å². The highest BCUT2D eigenvalue weighted by Crippen LogP contribution is 2.38. The summed E-state index contributed by atoms with van der Waals surface area (Å²) in [7, 11) is 2.57. The lowest BCUT2D eigenvalue weighted by atomic mass is 9.99. The third kappa shape index (κ3) is 7.87. The smallest absolute Gasteiger partial charge is 0.407 e. The van der Waals surface area contributed by atoms with Gasteiger partial charge in [0.05, 0.1) is 54.3 Å². The highest BCUT2D eigenvalue weighted by atomic mass is 35.5. The van der Waals surface area contributed by atoms with Gasteiger partial charge in [-0.05, 0) is 66.3 Å². The van der Waals surface area contributed by atoms with Crippen LogP contribution in [0.3, 0.4) is 0 Å². The molecular weight excluding hydrogens is 748 g/mol. The van der Waals surface area contributed by atoms with E-state index in [9.17, 15) is 19.2 Å². The van der Waals surface area contributed by atoms with Crippen LogP contribution in [0.25, 0.3) is 44.2 Å². The van der Waals surface area contributed by atoms with Crippen molar-refractivity contribution in [1.29, 1.82) is 0 Å². The molecule has 2 fully saturated rings. The lowest BCUT2D eigenvalue weighted by molar-refractivity contribution is -0.136. The first kappa shape index (κ1) is 39.6. The van der Waals surface area contributed by atoms with E-state index in [1.165, 1.54) is 14.2 Å². The summed E-state index contributed by atoms with van der Waals surface area (Å²) in [6, 6.07) is 14.3. The number of aromatic nitrogens is 4. The van der Waals surface area contributed by atoms with E-state index >= 15 is 0 Å². The predicted octanol–water partition coefficient (Wildman–Crippen LogP) is 7.51. The van der Waals surface area contributed by atoms with Crippen molar-refractivity contribution in [3.8, 4) is 22.4 Å². The Hall–Kier alpha value is -5.63. The molecule has 15 heteroatoms. The molecule has 0 saturated carbocycles. The maximum atomic E-state index is 13.7. The van der Waals surface area contributed by atoms with Crippen LogP contribution in [-0.2, 0) is 19.1 Å². The Bertz CT molecular complexity index is 2300. The molecule has 2 aromatic heterocycles. The second kappa shape index (κ2) is 16.5. The lowest BCUT2D eigenvalue weighted by Gasteiger charge is -2.30. The summed E-state index contributed by atoms with van der Waals surface area (Å²) < 4.78 is 9.54. The van der Waals surface area contributed by atoms with E-state index in [2.05, 4.69) is 49.9 Å². The molecule has 2 aliphatic heterocycles. The van der Waals surface area contributed by atoms with Gasteiger partial charge in [-0.3, -0.25) is 9.59 Å². The molecule has 0 spiro atoms. The Morgan fingerprint density at radius 3 is 1.84 bits per heavy atom. The maximum absolute atomic E-state index is 13.7. The second-order valence-electron chi connectivity index (χ2n) is 15.5. The summed E-state index contributed by atoms with van der Waals surface area (Å²) in [5, 5.41) is 7.74. The van der Waals surface area contributed by atoms with Gasteiger partial charge in [-0.1, -0.05) is 75.7 Å². The molecule has 4 amide bonds. The SMILES string of the molecule is COC(=O)N[C@H](C(=O)N1CCC[C@H]1c1ncc(-c2ccc(-c3ccc4c(c3)c(Cl)cc3[nH]c([C@@H]5CCCN5C(=O)[C@@H](NC(=O)OC)C(C)C)nc34)cc2)[nH]1)C(C)C. The minimum Gasteiger partial charge on any atom is -0.453 e. The number of aromatic amines is 2. The van der Waals surface area contributed by atoms with Crippen molar-refractivity contribution in [2.45, 2.75) is 77.5 Å². The number of hydrogen-bond acceptors (Lipinski definition) is 8. The van der Waals surface area contributed by atoms with Crippen LogP contribution in [0.1, 0.15) is 77.1 Å². The number of halogens is 1. The molecule has 0 unspecified atom stereocenters. The van der Waals surface area contributed by atoms with Crippen molar-refractivity contribution < 1.29 is 28.7 Å². The number of hydrogen-bond donors (Lipinski definition) is 4. The van der Waals surface area contributed by atoms with Crippen molar-refractivity contribution in [1.82, 2.24) is 40.4 Å². The molecule has 2 saturated heterocycles. The van der Waals surface area contributed by atoms with Gasteiger partial charge < -0.3 is 39.9 Å². The molecule has 57 heavy (non-hydrogen) atoms. The third-order valence-electron chi connectivity index (χ3n) is 11.2. The molecule has 300 valence electrons. The van der Waals surface area contributed by atoms with E-state index < -0.39 is 24.3 Å². The molecule has 0 bridgehead atoms. The quantitative estimate of drug-likeness (QED) is 0.112. The Kier molecular flexibility index (Phi) is 11.4. The number of carbonyl (C=O) groups excluding carboxylic acids is 4. The summed E-state index contributed by atoms with van der Waals surface area (Å²) in [6.45, 7) is 8.73. The summed E-state index contributed by atoms with van der Waals surface area (Å²) >= 11 is 6.91. The number of rotatable bonds is 10. The van der Waals surface area contributed by atoms with E-state index in [1.807, 2.05) is 52.0 Å². The van der Waals surface area contributed by atoms with Gasteiger partial charge in [0, 0.05) is 23.9 Å². The van der Waals surface area contributed by atoms with Crippen molar-refractivity contribution in [2.24, 2.45) is 11.8 Å². The first-order chi connectivity index (χ1) is 27.4. The van der Waals surface area contributed by atoms with Crippen molar-refractivity contribution in [3.05, 3.63) is 71.4 Å². The minimum absolute atomic E-state index is 0.115. The highest BCUT2D eigenvalue weighted by molar-refractivity contribution is 6.37. The third-order valence-corrected chi connectivity index (χ3v) is 11.5. The van der Waals surface area contributed by atoms with Crippen LogP contribution in [0, 0.1) is 11.8 Å². The number of H-pyrrole nitrogens is 2. The summed E-state index contributed by atoms with van der Waals surface area (Å²) in [5.74, 6) is 0.834. The van der Waals surface area contributed by atoms with E-state index in [0.29, 0.717) is 29.8 Å². The molecule has 5 aromatic rings. The van der Waals surface area contributed by atoms with Gasteiger partial charge >= 0.3 is 12.2 Å². The number of amides is 4. The first-order valence-electron chi connectivity index (χ1n) is 19.5. The van der Waals surface area contributed by atoms with Gasteiger partial charge in [-0.2, -0.15) is 0 Å². The average molecular weight is 797 g/mol. The van der Waals surface area contributed by atoms with Crippen LogP contribution in [0.2, 0.25) is 5.02 Å². The molecule has 3 aromatic carbocycles. The van der Waals surface area contributed by atoms with Crippen LogP contribution in [0.5, 0.6) is 0 Å². The number of alkyl carbamates (subject to hydrolysis) is 2. The fraction of sp³-hybridized carbons (Fsp3) is 0.429. The van der Waals surface area contributed by atoms with Gasteiger partial charge in [-0.15, -0.1) is 0 Å². The summed E-state index contributed by atoms with van der Waals surface area (Å²) in [5.41, 5.74) is 5.34. The number of imidazole rings is 2. The normalized spacial score (nSPS) is 18.1. The van der Waals surface area contributed by atoms with E-state index in [-0.39, 0.29) is 35.7 Å². The standard InChI is InChI=1S/C42H49ClN8O6/c1-22(2)34(48-41(54)56-5)39(52)50-17-7-9-32(50)37-44-21-31(46-37)25-13-11-24(12-14-25)26-15-16-27-28(19-26)29(43)20-30-36(27)47-38(45-30)33-10-8-18-51(33)40(53)35(23(3)4)49-42(55)57-6/h11-16,19-23,32-35H,7-10,17-18H2,1-6H3,(H,44,46)(H,45,47)(H,48,54)(H,49,55)/t32-,33-,34-,35-/m0/s1. The fourth-order valence-electron chi connectivity index (χ4n) is 8.09. The minimum atomic E-state index is -0.718. The molecule has 4 atom stereocenters. The molecule has 4 heterocycles. The van der Waals surface area contributed by atoms with Crippen LogP contribution in [0.15, 0.2) is 54.7 Å². The van der Waals surface area contributed by atoms with Crippen molar-refractivity contribution in [3.63, 3.8) is 0 Å². The van der Waals surface area contributed by atoms with Crippen LogP contribution in [-0.4, -0.2) is 93.1 Å². The van der Waals surface area contributed by atoms with Gasteiger partial charge in [0.2, 0.25) is 11.8 Å². The Morgan fingerprint density at radius 2 is 1.28 bits per heavy atom. The maximum Gasteiger partial charge on any atom is 0.407 e. The Morgan fingerprint density at radius 1 is 0.737 bits per heavy atom. The number of nitrogens with zero attached hydrogens (tertiary/aromatic N) is 4. The van der Waals surface area contributed by atoms with Gasteiger partial charge in [-0.25, -0.2) is 19.6 Å². The first-order valence-corrected chi connectivity index (χ1v) is 19.8. The number of methoxy groups -OCH3 is 2. The Labute approximate surface area is 336 Å². The Balaban J connectivity index is 1.09. The number of carbonyl (C=O) groups is 4. The average Bonchev–Trinajstić information content (AvgIpc) is 4.04. The lowest BCUT2D eigenvalue weighted by Crippen LogP contribution is -2.51. The van der Waals surface area contributed by atoms with E-state index in [0.717, 1.165) is 69.9 Å². The molecule has 0 radical (unpaired) electrons. The number of benzene rings is 3. The molecular formula is C42H49ClN8O6. The van der Waals surface area contributed by atoms with Crippen molar-refractivity contribution in [2.75, 3.05) is 27.3 Å². The molecule has 14 nitrogen and oxygen atoms in total. The molecule has 4 N–H and O–H groups in total. The zero-order chi connectivity index (χ0) is 40.5. The van der Waals surface area contributed by atoms with Gasteiger partial charge in [0.15, 0.2) is 0 Å². The zero-order valence-electron chi connectivity index (χ0n) is 33.0. The second-order valence-corrected chi connectivity index (χ2v) is 15.9. The number of fused-ring (bicyclic) bond motifs is 3. The monoisotopic (exact) mass is 796 g/mol. The van der Waals surface area contributed by atoms with Crippen LogP contribution < -0.4 is 10.6 Å². The number of likely N-dealkylation sites (tertiary alicyclic amines) is 2. The largest absolute Gasteiger partial charge is 0.453 e. The fourth-order valence-corrected chi connectivity index (χ4v) is 8.35.